The fourth-order valence-corrected chi connectivity index (χ4v) is 5.67. The maximum atomic E-state index is 14.0. The Balaban J connectivity index is 1.33. The van der Waals surface area contributed by atoms with Gasteiger partial charge in [0.15, 0.2) is 0 Å². The number of nitrogens with zero attached hydrogens (tertiary/aromatic N) is 5. The fraction of sp³-hybridized carbons (Fsp3) is 0.571. The van der Waals surface area contributed by atoms with E-state index in [2.05, 4.69) is 14.9 Å². The molecule has 40 heavy (non-hydrogen) atoms. The number of aromatic nitrogens is 2. The van der Waals surface area contributed by atoms with Crippen LogP contribution in [0.2, 0.25) is 0 Å². The number of carbonyl (C=O) groups is 2. The van der Waals surface area contributed by atoms with Crippen molar-refractivity contribution in [2.75, 3.05) is 26.2 Å². The van der Waals surface area contributed by atoms with Gasteiger partial charge in [-0.1, -0.05) is 12.1 Å². The molecular formula is C28H34F3N5O4. The van der Waals surface area contributed by atoms with E-state index < -0.39 is 35.3 Å². The highest BCUT2D eigenvalue weighted by atomic mass is 19.4. The molecule has 1 N–H and O–H groups in total. The van der Waals surface area contributed by atoms with Gasteiger partial charge in [0.1, 0.15) is 12.1 Å². The average molecular weight is 562 g/mol. The van der Waals surface area contributed by atoms with Crippen LogP contribution in [-0.4, -0.2) is 85.6 Å². The van der Waals surface area contributed by atoms with Crippen molar-refractivity contribution in [1.29, 1.82) is 0 Å². The molecule has 3 atom stereocenters. The van der Waals surface area contributed by atoms with Gasteiger partial charge >= 0.3 is 12.3 Å². The first-order chi connectivity index (χ1) is 18.8. The normalized spacial score (nSPS) is 22.5. The smallest absolute Gasteiger partial charge is 0.416 e. The Kier molecular flexibility index (Phi) is 7.41. The van der Waals surface area contributed by atoms with Crippen molar-refractivity contribution in [3.63, 3.8) is 0 Å². The molecule has 12 heteroatoms. The summed E-state index contributed by atoms with van der Waals surface area (Å²) in [6, 6.07) is 2.91. The minimum Gasteiger partial charge on any atom is -0.472 e. The lowest BCUT2D eigenvalue weighted by Crippen LogP contribution is -2.57. The van der Waals surface area contributed by atoms with E-state index in [0.717, 1.165) is 35.6 Å². The van der Waals surface area contributed by atoms with Crippen molar-refractivity contribution in [3.05, 3.63) is 53.5 Å². The SMILES string of the molecule is CC(C)(C)N(C(=O)O)C(C(=O)N1CCN2C[C@H](Oc3cnc(C4CC4)cn3)C[C@H]2C1)c1cccc(C(F)(F)F)c1. The summed E-state index contributed by atoms with van der Waals surface area (Å²) < 4.78 is 46.7. The van der Waals surface area contributed by atoms with E-state index >= 15 is 0 Å². The van der Waals surface area contributed by atoms with E-state index in [1.165, 1.54) is 12.1 Å². The molecule has 216 valence electrons. The van der Waals surface area contributed by atoms with E-state index in [-0.39, 0.29) is 17.7 Å². The van der Waals surface area contributed by atoms with Crippen LogP contribution in [0.4, 0.5) is 18.0 Å². The first-order valence-corrected chi connectivity index (χ1v) is 13.5. The minimum atomic E-state index is -4.63. The van der Waals surface area contributed by atoms with Crippen LogP contribution in [0.15, 0.2) is 36.7 Å². The second-order valence-electron chi connectivity index (χ2n) is 11.8. The summed E-state index contributed by atoms with van der Waals surface area (Å²) in [6.45, 7) is 6.69. The van der Waals surface area contributed by atoms with Gasteiger partial charge in [-0.25, -0.2) is 9.78 Å². The summed E-state index contributed by atoms with van der Waals surface area (Å²) in [5.74, 6) is 0.414. The number of rotatable bonds is 6. The number of hydrogen-bond acceptors (Lipinski definition) is 6. The van der Waals surface area contributed by atoms with Crippen LogP contribution < -0.4 is 4.74 Å². The minimum absolute atomic E-state index is 0.0135. The molecule has 0 radical (unpaired) electrons. The van der Waals surface area contributed by atoms with Crippen LogP contribution in [0.3, 0.4) is 0 Å². The van der Waals surface area contributed by atoms with Crippen LogP contribution in [0.1, 0.15) is 68.8 Å². The Morgan fingerprint density at radius 1 is 1.10 bits per heavy atom. The zero-order chi connectivity index (χ0) is 28.8. The summed E-state index contributed by atoms with van der Waals surface area (Å²) in [4.78, 5) is 39.9. The molecule has 2 aromatic rings. The number of ether oxygens (including phenoxy) is 1. The van der Waals surface area contributed by atoms with Crippen LogP contribution in [0, 0.1) is 0 Å². The molecule has 3 aliphatic rings. The van der Waals surface area contributed by atoms with E-state index in [4.69, 9.17) is 4.74 Å². The number of carbonyl (C=O) groups excluding carboxylic acids is 1. The van der Waals surface area contributed by atoms with Gasteiger partial charge in [-0.2, -0.15) is 13.2 Å². The van der Waals surface area contributed by atoms with Crippen molar-refractivity contribution in [2.24, 2.45) is 0 Å². The maximum absolute atomic E-state index is 14.0. The Labute approximate surface area is 230 Å². The second-order valence-corrected chi connectivity index (χ2v) is 11.8. The third-order valence-corrected chi connectivity index (χ3v) is 7.77. The van der Waals surface area contributed by atoms with Crippen molar-refractivity contribution in [2.45, 2.75) is 75.9 Å². The lowest BCUT2D eigenvalue weighted by Gasteiger charge is -2.43. The molecule has 2 amide bonds. The number of hydrogen-bond donors (Lipinski definition) is 1. The molecule has 2 aliphatic heterocycles. The molecule has 1 aliphatic carbocycles. The molecule has 1 aromatic heterocycles. The zero-order valence-corrected chi connectivity index (χ0v) is 22.8. The zero-order valence-electron chi connectivity index (χ0n) is 22.8. The van der Waals surface area contributed by atoms with Gasteiger partial charge in [-0.3, -0.25) is 19.6 Å². The average Bonchev–Trinajstić information content (AvgIpc) is 3.65. The molecule has 1 unspecified atom stereocenters. The Bertz CT molecular complexity index is 1250. The standard InChI is InChI=1S/C28H34F3N5O4/c1-27(2,3)36(26(38)39)24(18-5-4-6-19(11-18)28(29,30)31)25(37)35-10-9-34-16-21(12-20(34)15-35)40-23-14-32-22(13-33-23)17-7-8-17/h4-6,11,13-14,17,20-21,24H,7-10,12,15-16H2,1-3H3,(H,38,39)/t20-,21+,24?/m0/s1. The fourth-order valence-electron chi connectivity index (χ4n) is 5.67. The summed E-state index contributed by atoms with van der Waals surface area (Å²) in [7, 11) is 0. The van der Waals surface area contributed by atoms with Crippen LogP contribution >= 0.6 is 0 Å². The number of carboxylic acid groups (broad SMARTS) is 1. The Morgan fingerprint density at radius 3 is 2.45 bits per heavy atom. The molecule has 0 bridgehead atoms. The van der Waals surface area contributed by atoms with Crippen LogP contribution in [0.25, 0.3) is 0 Å². The van der Waals surface area contributed by atoms with Gasteiger partial charge in [0, 0.05) is 50.1 Å². The number of piperazine rings is 1. The first kappa shape index (κ1) is 28.1. The topological polar surface area (TPSA) is 99.1 Å². The van der Waals surface area contributed by atoms with Gasteiger partial charge < -0.3 is 14.7 Å². The van der Waals surface area contributed by atoms with Gasteiger partial charge in [0.25, 0.3) is 0 Å². The summed E-state index contributed by atoms with van der Waals surface area (Å²) in [6.07, 6.45) is 0.144. The quantitative estimate of drug-likeness (QED) is 0.552. The number of fused-ring (bicyclic) bond motifs is 1. The lowest BCUT2D eigenvalue weighted by molar-refractivity contribution is -0.142. The molecule has 0 spiro atoms. The number of halogens is 3. The van der Waals surface area contributed by atoms with Crippen molar-refractivity contribution >= 4 is 12.0 Å². The van der Waals surface area contributed by atoms with Crippen LogP contribution in [-0.2, 0) is 11.0 Å². The molecule has 9 nitrogen and oxygen atoms in total. The molecule has 1 saturated carbocycles. The second kappa shape index (κ2) is 10.5. The van der Waals surface area contributed by atoms with Gasteiger partial charge in [-0.05, 0) is 51.3 Å². The largest absolute Gasteiger partial charge is 0.472 e. The highest BCUT2D eigenvalue weighted by molar-refractivity contribution is 5.87. The molecular weight excluding hydrogens is 527 g/mol. The number of alkyl halides is 3. The Morgan fingerprint density at radius 2 is 1.85 bits per heavy atom. The predicted molar refractivity (Wildman–Crippen MR) is 139 cm³/mol. The highest BCUT2D eigenvalue weighted by Crippen LogP contribution is 2.39. The van der Waals surface area contributed by atoms with Crippen molar-refractivity contribution in [3.8, 4) is 5.88 Å². The molecule has 3 heterocycles. The molecule has 5 rings (SSSR count). The van der Waals surface area contributed by atoms with Crippen molar-refractivity contribution in [1.82, 2.24) is 24.7 Å². The Hall–Kier alpha value is -3.41. The maximum Gasteiger partial charge on any atom is 0.416 e. The number of amides is 2. The summed E-state index contributed by atoms with van der Waals surface area (Å²) >= 11 is 0. The third kappa shape index (κ3) is 6.01. The predicted octanol–water partition coefficient (Wildman–Crippen LogP) is 4.56. The monoisotopic (exact) mass is 561 g/mol. The number of benzene rings is 1. The summed E-state index contributed by atoms with van der Waals surface area (Å²) in [5.41, 5.74) is -1.02. The first-order valence-electron chi connectivity index (χ1n) is 13.5. The van der Waals surface area contributed by atoms with Gasteiger partial charge in [0.2, 0.25) is 11.8 Å². The van der Waals surface area contributed by atoms with Crippen molar-refractivity contribution < 1.29 is 32.6 Å². The van der Waals surface area contributed by atoms with Crippen LogP contribution in [0.5, 0.6) is 5.88 Å². The lowest BCUT2D eigenvalue weighted by atomic mass is 9.95. The van der Waals surface area contributed by atoms with E-state index in [9.17, 15) is 27.9 Å². The third-order valence-electron chi connectivity index (χ3n) is 7.77. The van der Waals surface area contributed by atoms with Gasteiger partial charge in [0.05, 0.1) is 23.7 Å². The molecule has 1 aromatic carbocycles. The highest BCUT2D eigenvalue weighted by Gasteiger charge is 2.45. The summed E-state index contributed by atoms with van der Waals surface area (Å²) in [5, 5.41) is 10.1. The molecule has 2 saturated heterocycles. The van der Waals surface area contributed by atoms with E-state index in [1.54, 1.807) is 38.1 Å². The van der Waals surface area contributed by atoms with Gasteiger partial charge in [-0.15, -0.1) is 0 Å². The van der Waals surface area contributed by atoms with E-state index in [1.807, 2.05) is 0 Å². The van der Waals surface area contributed by atoms with E-state index in [0.29, 0.717) is 44.4 Å². The molecule has 3 fully saturated rings.